The first-order valence-electron chi connectivity index (χ1n) is 8.75. The molecule has 0 saturated carbocycles. The number of amides is 2. The van der Waals surface area contributed by atoms with E-state index in [4.69, 9.17) is 9.47 Å². The molecule has 0 aliphatic carbocycles. The first-order chi connectivity index (χ1) is 13.1. The van der Waals surface area contributed by atoms with Crippen molar-refractivity contribution in [3.8, 4) is 11.5 Å². The average molecular weight is 383 g/mol. The summed E-state index contributed by atoms with van der Waals surface area (Å²) < 4.78 is 10.9. The predicted octanol–water partition coefficient (Wildman–Crippen LogP) is 4.90. The number of hydrogen-bond acceptors (Lipinski definition) is 5. The molecule has 2 amide bonds. The summed E-state index contributed by atoms with van der Waals surface area (Å²) in [4.78, 5) is 27.0. The van der Waals surface area contributed by atoms with E-state index < -0.39 is 0 Å². The van der Waals surface area contributed by atoms with Gasteiger partial charge in [0.25, 0.3) is 11.1 Å². The lowest BCUT2D eigenvalue weighted by Gasteiger charge is -2.16. The average Bonchev–Trinajstić information content (AvgIpc) is 2.96. The largest absolute Gasteiger partial charge is 0.493 e. The molecule has 1 saturated heterocycles. The number of aryl methyl sites for hydroxylation is 1. The number of rotatable bonds is 6. The lowest BCUT2D eigenvalue weighted by Crippen LogP contribution is -2.28. The highest BCUT2D eigenvalue weighted by Crippen LogP contribution is 2.38. The van der Waals surface area contributed by atoms with E-state index in [9.17, 15) is 9.59 Å². The van der Waals surface area contributed by atoms with Gasteiger partial charge in [-0.15, -0.1) is 0 Å². The van der Waals surface area contributed by atoms with E-state index in [1.54, 1.807) is 31.4 Å². The molecule has 0 bridgehead atoms. The second-order valence-electron chi connectivity index (χ2n) is 5.84. The minimum absolute atomic E-state index is 0.287. The molecule has 0 aromatic heterocycles. The minimum atomic E-state index is -0.307. The van der Waals surface area contributed by atoms with E-state index in [-0.39, 0.29) is 11.1 Å². The van der Waals surface area contributed by atoms with Crippen LogP contribution in [-0.2, 0) is 11.2 Å². The highest BCUT2D eigenvalue weighted by Gasteiger charge is 2.37. The third-order valence-corrected chi connectivity index (χ3v) is 5.06. The van der Waals surface area contributed by atoms with E-state index >= 15 is 0 Å². The molecule has 0 radical (unpaired) electrons. The third-order valence-electron chi connectivity index (χ3n) is 4.19. The summed E-state index contributed by atoms with van der Waals surface area (Å²) in [6.07, 6.45) is 2.45. The summed E-state index contributed by atoms with van der Waals surface area (Å²) in [7, 11) is 1.57. The zero-order valence-corrected chi connectivity index (χ0v) is 16.3. The van der Waals surface area contributed by atoms with E-state index in [2.05, 4.69) is 0 Å². The van der Waals surface area contributed by atoms with Crippen LogP contribution in [-0.4, -0.2) is 24.9 Å². The van der Waals surface area contributed by atoms with Gasteiger partial charge in [-0.3, -0.25) is 9.59 Å². The summed E-state index contributed by atoms with van der Waals surface area (Å²) in [5, 5.41) is -0.287. The van der Waals surface area contributed by atoms with Gasteiger partial charge >= 0.3 is 0 Å². The topological polar surface area (TPSA) is 55.8 Å². The maximum Gasteiger partial charge on any atom is 0.298 e. The highest BCUT2D eigenvalue weighted by atomic mass is 32.2. The minimum Gasteiger partial charge on any atom is -0.493 e. The van der Waals surface area contributed by atoms with Gasteiger partial charge in [-0.1, -0.05) is 31.2 Å². The van der Waals surface area contributed by atoms with E-state index in [0.717, 1.165) is 29.3 Å². The predicted molar refractivity (Wildman–Crippen MR) is 108 cm³/mol. The zero-order chi connectivity index (χ0) is 19.4. The van der Waals surface area contributed by atoms with Gasteiger partial charge < -0.3 is 9.47 Å². The Morgan fingerprint density at radius 3 is 2.56 bits per heavy atom. The van der Waals surface area contributed by atoms with Crippen molar-refractivity contribution in [2.75, 3.05) is 18.6 Å². The number of hydrogen-bond donors (Lipinski definition) is 0. The maximum atomic E-state index is 12.9. The van der Waals surface area contributed by atoms with Gasteiger partial charge in [0.2, 0.25) is 0 Å². The van der Waals surface area contributed by atoms with Crippen molar-refractivity contribution >= 4 is 34.7 Å². The SMILES string of the molecule is CCOc1ccc(/C=C2\SC(=O)N(c3ccccc3CC)C2=O)cc1OC. The number of imide groups is 1. The maximum absolute atomic E-state index is 12.9. The third kappa shape index (κ3) is 3.85. The summed E-state index contributed by atoms with van der Waals surface area (Å²) in [5.41, 5.74) is 2.38. The van der Waals surface area contributed by atoms with Gasteiger partial charge in [0.05, 0.1) is 24.3 Å². The number of carbonyl (C=O) groups excluding carboxylic acids is 2. The van der Waals surface area contributed by atoms with E-state index in [0.29, 0.717) is 28.7 Å². The Labute approximate surface area is 163 Å². The van der Waals surface area contributed by atoms with Crippen molar-refractivity contribution in [2.45, 2.75) is 20.3 Å². The normalized spacial score (nSPS) is 15.5. The fourth-order valence-corrected chi connectivity index (χ4v) is 3.74. The van der Waals surface area contributed by atoms with Gasteiger partial charge in [-0.05, 0) is 60.5 Å². The van der Waals surface area contributed by atoms with Crippen molar-refractivity contribution in [3.05, 3.63) is 58.5 Å². The van der Waals surface area contributed by atoms with Crippen LogP contribution < -0.4 is 14.4 Å². The number of ether oxygens (including phenoxy) is 2. The summed E-state index contributed by atoms with van der Waals surface area (Å²) in [5.74, 6) is 0.919. The first kappa shape index (κ1) is 19.0. The molecule has 27 heavy (non-hydrogen) atoms. The summed E-state index contributed by atoms with van der Waals surface area (Å²) in [6, 6.07) is 12.9. The highest BCUT2D eigenvalue weighted by molar-refractivity contribution is 8.19. The fraction of sp³-hybridized carbons (Fsp3) is 0.238. The Morgan fingerprint density at radius 2 is 1.85 bits per heavy atom. The fourth-order valence-electron chi connectivity index (χ4n) is 2.90. The molecule has 6 heteroatoms. The molecular weight excluding hydrogens is 362 g/mol. The molecule has 1 heterocycles. The van der Waals surface area contributed by atoms with Crippen molar-refractivity contribution in [2.24, 2.45) is 0 Å². The first-order valence-corrected chi connectivity index (χ1v) is 9.57. The van der Waals surface area contributed by atoms with Crippen LogP contribution in [0.2, 0.25) is 0 Å². The number of benzene rings is 2. The zero-order valence-electron chi connectivity index (χ0n) is 15.5. The monoisotopic (exact) mass is 383 g/mol. The molecule has 3 rings (SSSR count). The molecule has 2 aromatic rings. The van der Waals surface area contributed by atoms with Gasteiger partial charge in [-0.25, -0.2) is 4.90 Å². The van der Waals surface area contributed by atoms with E-state index in [1.807, 2.05) is 38.1 Å². The quantitative estimate of drug-likeness (QED) is 0.664. The molecule has 2 aromatic carbocycles. The van der Waals surface area contributed by atoms with Crippen LogP contribution in [0.3, 0.4) is 0 Å². The smallest absolute Gasteiger partial charge is 0.298 e. The Hall–Kier alpha value is -2.73. The lowest BCUT2D eigenvalue weighted by molar-refractivity contribution is -0.113. The van der Waals surface area contributed by atoms with Crippen LogP contribution >= 0.6 is 11.8 Å². The van der Waals surface area contributed by atoms with E-state index in [1.165, 1.54) is 4.90 Å². The molecule has 0 unspecified atom stereocenters. The molecule has 0 atom stereocenters. The molecule has 140 valence electrons. The summed E-state index contributed by atoms with van der Waals surface area (Å²) >= 11 is 0.945. The second kappa shape index (κ2) is 8.31. The Bertz CT molecular complexity index is 907. The number of para-hydroxylation sites is 1. The van der Waals surface area contributed by atoms with Crippen LogP contribution in [0.15, 0.2) is 47.4 Å². The molecule has 1 fully saturated rings. The van der Waals surface area contributed by atoms with Crippen molar-refractivity contribution in [1.29, 1.82) is 0 Å². The molecular formula is C21H21NO4S. The Balaban J connectivity index is 1.93. The summed E-state index contributed by atoms with van der Waals surface area (Å²) in [6.45, 7) is 4.43. The van der Waals surface area contributed by atoms with Crippen molar-refractivity contribution in [1.82, 2.24) is 0 Å². The van der Waals surface area contributed by atoms with Gasteiger partial charge in [0.15, 0.2) is 11.5 Å². The Kier molecular flexibility index (Phi) is 5.86. The van der Waals surface area contributed by atoms with Crippen molar-refractivity contribution in [3.63, 3.8) is 0 Å². The van der Waals surface area contributed by atoms with Crippen LogP contribution in [0.4, 0.5) is 10.5 Å². The number of nitrogens with zero attached hydrogens (tertiary/aromatic N) is 1. The van der Waals surface area contributed by atoms with Crippen LogP contribution in [0, 0.1) is 0 Å². The van der Waals surface area contributed by atoms with Crippen LogP contribution in [0.25, 0.3) is 6.08 Å². The lowest BCUT2D eigenvalue weighted by atomic mass is 10.1. The molecule has 0 N–H and O–H groups in total. The Morgan fingerprint density at radius 1 is 1.07 bits per heavy atom. The molecule has 1 aliphatic heterocycles. The number of thioether (sulfide) groups is 1. The second-order valence-corrected chi connectivity index (χ2v) is 6.84. The van der Waals surface area contributed by atoms with Gasteiger partial charge in [0, 0.05) is 0 Å². The number of anilines is 1. The molecule has 5 nitrogen and oxygen atoms in total. The van der Waals surface area contributed by atoms with Crippen molar-refractivity contribution < 1.29 is 19.1 Å². The van der Waals surface area contributed by atoms with Gasteiger partial charge in [0.1, 0.15) is 0 Å². The van der Waals surface area contributed by atoms with Crippen LogP contribution in [0.5, 0.6) is 11.5 Å². The number of methoxy groups -OCH3 is 1. The van der Waals surface area contributed by atoms with Crippen LogP contribution in [0.1, 0.15) is 25.0 Å². The standard InChI is InChI=1S/C21H21NO4S/c1-4-15-8-6-7-9-16(15)22-20(23)19(27-21(22)24)13-14-10-11-17(26-5-2)18(12-14)25-3/h6-13H,4-5H2,1-3H3/b19-13-. The molecule has 0 spiro atoms. The number of carbonyl (C=O) groups is 2. The van der Waals surface area contributed by atoms with Gasteiger partial charge in [-0.2, -0.15) is 0 Å². The molecule has 1 aliphatic rings.